The van der Waals surface area contributed by atoms with Crippen LogP contribution in [0.5, 0.6) is 0 Å². The first kappa shape index (κ1) is 13.3. The Hall–Kier alpha value is -1.12. The van der Waals surface area contributed by atoms with E-state index >= 15 is 0 Å². The van der Waals surface area contributed by atoms with E-state index in [1.54, 1.807) is 0 Å². The summed E-state index contributed by atoms with van der Waals surface area (Å²) in [4.78, 5) is 16.2. The summed E-state index contributed by atoms with van der Waals surface area (Å²) in [5, 5.41) is 9.04. The molecule has 0 aromatic heterocycles. The number of ether oxygens (including phenoxy) is 1. The van der Waals surface area contributed by atoms with Gasteiger partial charge >= 0.3 is 0 Å². The van der Waals surface area contributed by atoms with Crippen LogP contribution in [-0.2, 0) is 9.53 Å². The first-order valence-electron chi connectivity index (χ1n) is 6.73. The van der Waals surface area contributed by atoms with Gasteiger partial charge in [-0.2, -0.15) is 5.26 Å². The molecular weight excluding hydrogens is 230 g/mol. The zero-order valence-electron chi connectivity index (χ0n) is 11.0. The molecule has 2 fully saturated rings. The Morgan fingerprint density at radius 3 is 3.00 bits per heavy atom. The number of morpholine rings is 1. The lowest BCUT2D eigenvalue weighted by Crippen LogP contribution is -2.52. The molecule has 2 heterocycles. The highest BCUT2D eigenvalue weighted by atomic mass is 16.5. The summed E-state index contributed by atoms with van der Waals surface area (Å²) in [5.74, 6) is 0.157. The number of carbonyl (C=O) groups excluding carboxylic acids is 1. The normalized spacial score (nSPS) is 29.9. The molecule has 0 aliphatic carbocycles. The zero-order valence-corrected chi connectivity index (χ0v) is 11.0. The largest absolute Gasteiger partial charge is 0.377 e. The van der Waals surface area contributed by atoms with E-state index in [4.69, 9.17) is 10.00 Å². The van der Waals surface area contributed by atoms with Crippen LogP contribution >= 0.6 is 0 Å². The first-order chi connectivity index (χ1) is 8.72. The molecule has 0 bridgehead atoms. The predicted octanol–water partition coefficient (Wildman–Crippen LogP) is 0.612. The smallest absolute Gasteiger partial charge is 0.237 e. The summed E-state index contributed by atoms with van der Waals surface area (Å²) in [7, 11) is 0. The molecule has 0 N–H and O–H groups in total. The number of amides is 1. The topological polar surface area (TPSA) is 56.6 Å². The molecule has 0 aromatic rings. The second-order valence-corrected chi connectivity index (χ2v) is 5.12. The average molecular weight is 251 g/mol. The second-order valence-electron chi connectivity index (χ2n) is 5.12. The van der Waals surface area contributed by atoms with E-state index in [-0.39, 0.29) is 11.9 Å². The number of piperidine rings is 1. The Labute approximate surface area is 108 Å². The summed E-state index contributed by atoms with van der Waals surface area (Å²) in [6, 6.07) is 2.27. The molecule has 0 aromatic carbocycles. The van der Waals surface area contributed by atoms with Gasteiger partial charge in [-0.15, -0.1) is 0 Å². The van der Waals surface area contributed by atoms with Crippen molar-refractivity contribution in [2.45, 2.75) is 38.3 Å². The number of hydrogen-bond acceptors (Lipinski definition) is 4. The molecular formula is C13H21N3O2. The van der Waals surface area contributed by atoms with Crippen molar-refractivity contribution in [1.29, 1.82) is 5.26 Å². The third-order valence-electron chi connectivity index (χ3n) is 3.85. The van der Waals surface area contributed by atoms with Crippen molar-refractivity contribution < 1.29 is 9.53 Å². The van der Waals surface area contributed by atoms with Crippen molar-refractivity contribution in [3.05, 3.63) is 0 Å². The Balaban J connectivity index is 1.91. The highest BCUT2D eigenvalue weighted by molar-refractivity contribution is 5.78. The van der Waals surface area contributed by atoms with E-state index in [1.165, 1.54) is 6.42 Å². The molecule has 100 valence electrons. The monoisotopic (exact) mass is 251 g/mol. The molecule has 0 saturated carbocycles. The fourth-order valence-corrected chi connectivity index (χ4v) is 2.68. The van der Waals surface area contributed by atoms with Crippen LogP contribution in [0.3, 0.4) is 0 Å². The van der Waals surface area contributed by atoms with Crippen LogP contribution in [0.15, 0.2) is 0 Å². The van der Waals surface area contributed by atoms with Gasteiger partial charge in [-0.3, -0.25) is 9.69 Å². The summed E-state index contributed by atoms with van der Waals surface area (Å²) < 4.78 is 5.26. The molecule has 2 rings (SSSR count). The van der Waals surface area contributed by atoms with Gasteiger partial charge in [-0.25, -0.2) is 0 Å². The van der Waals surface area contributed by atoms with Crippen molar-refractivity contribution in [3.63, 3.8) is 0 Å². The molecule has 2 saturated heterocycles. The van der Waals surface area contributed by atoms with Crippen LogP contribution in [0.2, 0.25) is 0 Å². The number of nitriles is 1. The van der Waals surface area contributed by atoms with Gasteiger partial charge < -0.3 is 9.64 Å². The van der Waals surface area contributed by atoms with E-state index in [1.807, 2.05) is 9.80 Å². The fourth-order valence-electron chi connectivity index (χ4n) is 2.68. The molecule has 5 nitrogen and oxygen atoms in total. The lowest BCUT2D eigenvalue weighted by Gasteiger charge is -2.37. The van der Waals surface area contributed by atoms with E-state index in [9.17, 15) is 4.79 Å². The summed E-state index contributed by atoms with van der Waals surface area (Å²) in [6.45, 7) is 5.03. The molecule has 5 heteroatoms. The van der Waals surface area contributed by atoms with E-state index in [2.05, 4.69) is 13.0 Å². The van der Waals surface area contributed by atoms with Crippen LogP contribution in [0.4, 0.5) is 0 Å². The Morgan fingerprint density at radius 1 is 1.44 bits per heavy atom. The summed E-state index contributed by atoms with van der Waals surface area (Å²) >= 11 is 0. The maximum Gasteiger partial charge on any atom is 0.237 e. The second kappa shape index (κ2) is 6.17. The minimum absolute atomic E-state index is 0.157. The van der Waals surface area contributed by atoms with Gasteiger partial charge in [0.1, 0.15) is 6.04 Å². The zero-order chi connectivity index (χ0) is 13.0. The van der Waals surface area contributed by atoms with Crippen molar-refractivity contribution in [2.24, 2.45) is 0 Å². The maximum absolute atomic E-state index is 12.3. The van der Waals surface area contributed by atoms with Crippen LogP contribution in [-0.4, -0.2) is 60.6 Å². The molecule has 0 spiro atoms. The van der Waals surface area contributed by atoms with Crippen LogP contribution in [0.1, 0.15) is 26.2 Å². The number of carbonyl (C=O) groups is 1. The van der Waals surface area contributed by atoms with Gasteiger partial charge in [0.25, 0.3) is 0 Å². The standard InChI is InChI=1S/C13H21N3O2/c1-11-4-2-3-5-16(11)13(17)9-15-6-7-18-10-12(15)8-14/h11-12H,2-7,9-10H2,1H3/t11-,12-/m0/s1. The highest BCUT2D eigenvalue weighted by Crippen LogP contribution is 2.17. The van der Waals surface area contributed by atoms with Crippen LogP contribution in [0.25, 0.3) is 0 Å². The Bertz CT molecular complexity index is 340. The number of rotatable bonds is 2. The quantitative estimate of drug-likeness (QED) is 0.721. The van der Waals surface area contributed by atoms with Crippen LogP contribution in [0, 0.1) is 11.3 Å². The number of hydrogen-bond donors (Lipinski definition) is 0. The van der Waals surface area contributed by atoms with E-state index < -0.39 is 0 Å². The molecule has 18 heavy (non-hydrogen) atoms. The van der Waals surface area contributed by atoms with Gasteiger partial charge in [-0.1, -0.05) is 0 Å². The van der Waals surface area contributed by atoms with Crippen molar-refractivity contribution >= 4 is 5.91 Å². The molecule has 2 atom stereocenters. The van der Waals surface area contributed by atoms with Crippen molar-refractivity contribution in [1.82, 2.24) is 9.80 Å². The minimum Gasteiger partial charge on any atom is -0.377 e. The Morgan fingerprint density at radius 2 is 2.28 bits per heavy atom. The lowest BCUT2D eigenvalue weighted by atomic mass is 10.0. The lowest BCUT2D eigenvalue weighted by molar-refractivity contribution is -0.137. The number of nitrogens with zero attached hydrogens (tertiary/aromatic N) is 3. The van der Waals surface area contributed by atoms with E-state index in [0.717, 1.165) is 19.4 Å². The highest BCUT2D eigenvalue weighted by Gasteiger charge is 2.29. The third-order valence-corrected chi connectivity index (χ3v) is 3.85. The number of likely N-dealkylation sites (tertiary alicyclic amines) is 1. The summed E-state index contributed by atoms with van der Waals surface area (Å²) in [5.41, 5.74) is 0. The third kappa shape index (κ3) is 3.01. The maximum atomic E-state index is 12.3. The van der Waals surface area contributed by atoms with Gasteiger partial charge in [0, 0.05) is 19.1 Å². The van der Waals surface area contributed by atoms with Gasteiger partial charge in [-0.05, 0) is 26.2 Å². The van der Waals surface area contributed by atoms with Crippen molar-refractivity contribution in [2.75, 3.05) is 32.8 Å². The van der Waals surface area contributed by atoms with Crippen molar-refractivity contribution in [3.8, 4) is 6.07 Å². The molecule has 1 amide bonds. The van der Waals surface area contributed by atoms with Crippen LogP contribution < -0.4 is 0 Å². The first-order valence-corrected chi connectivity index (χ1v) is 6.73. The summed E-state index contributed by atoms with van der Waals surface area (Å²) in [6.07, 6.45) is 3.40. The molecule has 0 radical (unpaired) electrons. The molecule has 2 aliphatic heterocycles. The SMILES string of the molecule is C[C@H]1CCCCN1C(=O)CN1CCOC[C@@H]1C#N. The predicted molar refractivity (Wildman–Crippen MR) is 66.8 cm³/mol. The minimum atomic E-state index is -0.275. The molecule has 2 aliphatic rings. The molecule has 0 unspecified atom stereocenters. The fraction of sp³-hybridized carbons (Fsp3) is 0.846. The van der Waals surface area contributed by atoms with Gasteiger partial charge in [0.15, 0.2) is 0 Å². The van der Waals surface area contributed by atoms with Gasteiger partial charge in [0.2, 0.25) is 5.91 Å². The average Bonchev–Trinajstić information content (AvgIpc) is 2.39. The van der Waals surface area contributed by atoms with Gasteiger partial charge in [0.05, 0.1) is 25.8 Å². The Kier molecular flexibility index (Phi) is 4.56. The van der Waals surface area contributed by atoms with E-state index in [0.29, 0.717) is 32.3 Å².